The van der Waals surface area contributed by atoms with Crippen LogP contribution < -0.4 is 5.32 Å². The van der Waals surface area contributed by atoms with Gasteiger partial charge in [0.05, 0.1) is 6.04 Å². The number of hydrogen-bond acceptors (Lipinski definition) is 2. The van der Waals surface area contributed by atoms with Crippen molar-refractivity contribution in [2.45, 2.75) is 39.8 Å². The van der Waals surface area contributed by atoms with Gasteiger partial charge in [-0.15, -0.1) is 0 Å². The van der Waals surface area contributed by atoms with Gasteiger partial charge in [0, 0.05) is 28.6 Å². The molecular weight excluding hydrogens is 340 g/mol. The number of nitrogens with one attached hydrogen (secondary N) is 1. The molecule has 0 saturated carbocycles. The van der Waals surface area contributed by atoms with Crippen LogP contribution in [0.15, 0.2) is 22.7 Å². The van der Waals surface area contributed by atoms with E-state index in [1.54, 1.807) is 0 Å². The predicted molar refractivity (Wildman–Crippen MR) is 88.1 cm³/mol. The van der Waals surface area contributed by atoms with Gasteiger partial charge in [-0.2, -0.15) is 0 Å². The average molecular weight is 362 g/mol. The maximum Gasteiger partial charge on any atom is 0.239 e. The van der Waals surface area contributed by atoms with Gasteiger partial charge in [-0.3, -0.25) is 10.1 Å². The Kier molecular flexibility index (Phi) is 7.00. The molecule has 2 unspecified atom stereocenters. The predicted octanol–water partition coefficient (Wildman–Crippen LogP) is 4.01. The van der Waals surface area contributed by atoms with E-state index in [-0.39, 0.29) is 18.0 Å². The van der Waals surface area contributed by atoms with Crippen LogP contribution >= 0.6 is 27.5 Å². The summed E-state index contributed by atoms with van der Waals surface area (Å²) in [5.74, 6) is 0.120. The number of halogens is 2. The van der Waals surface area contributed by atoms with Crippen LogP contribution in [0, 0.1) is 0 Å². The smallest absolute Gasteiger partial charge is 0.239 e. The Hall–Kier alpha value is -0.580. The lowest BCUT2D eigenvalue weighted by Gasteiger charge is -2.26. The van der Waals surface area contributed by atoms with Crippen LogP contribution in [-0.2, 0) is 4.79 Å². The summed E-state index contributed by atoms with van der Waals surface area (Å²) in [6, 6.07) is 5.58. The van der Waals surface area contributed by atoms with Crippen molar-refractivity contribution < 1.29 is 4.79 Å². The summed E-state index contributed by atoms with van der Waals surface area (Å²) in [7, 11) is 0. The van der Waals surface area contributed by atoms with Crippen LogP contribution in [0.5, 0.6) is 0 Å². The lowest BCUT2D eigenvalue weighted by molar-refractivity contribution is -0.132. The SMILES string of the molecule is CCN(CC)C(=O)C(C)NC(C)c1ccc(Br)cc1Cl. The van der Waals surface area contributed by atoms with Gasteiger partial charge in [0.1, 0.15) is 0 Å². The molecule has 0 bridgehead atoms. The monoisotopic (exact) mass is 360 g/mol. The maximum atomic E-state index is 12.2. The molecule has 0 spiro atoms. The summed E-state index contributed by atoms with van der Waals surface area (Å²) < 4.78 is 0.950. The van der Waals surface area contributed by atoms with E-state index >= 15 is 0 Å². The highest BCUT2D eigenvalue weighted by Crippen LogP contribution is 2.26. The van der Waals surface area contributed by atoms with E-state index in [1.165, 1.54) is 0 Å². The molecule has 0 aliphatic heterocycles. The van der Waals surface area contributed by atoms with Gasteiger partial charge >= 0.3 is 0 Å². The van der Waals surface area contributed by atoms with Gasteiger partial charge in [0.2, 0.25) is 5.91 Å². The molecule has 1 N–H and O–H groups in total. The highest BCUT2D eigenvalue weighted by atomic mass is 79.9. The fraction of sp³-hybridized carbons (Fsp3) is 0.533. The van der Waals surface area contributed by atoms with Crippen molar-refractivity contribution in [1.82, 2.24) is 10.2 Å². The molecule has 2 atom stereocenters. The zero-order valence-electron chi connectivity index (χ0n) is 12.4. The standard InChI is InChI=1S/C15H22BrClN2O/c1-5-19(6-2)15(20)11(4)18-10(3)13-8-7-12(16)9-14(13)17/h7-11,18H,5-6H2,1-4H3. The summed E-state index contributed by atoms with van der Waals surface area (Å²) in [6.45, 7) is 9.35. The van der Waals surface area contributed by atoms with E-state index in [2.05, 4.69) is 21.2 Å². The molecule has 0 radical (unpaired) electrons. The van der Waals surface area contributed by atoms with Crippen molar-refractivity contribution in [2.75, 3.05) is 13.1 Å². The molecule has 1 aromatic carbocycles. The van der Waals surface area contributed by atoms with Gasteiger partial charge in [-0.05, 0) is 45.4 Å². The third-order valence-electron chi connectivity index (χ3n) is 3.37. The quantitative estimate of drug-likeness (QED) is 0.830. The van der Waals surface area contributed by atoms with Crippen molar-refractivity contribution in [1.29, 1.82) is 0 Å². The molecule has 0 aliphatic rings. The van der Waals surface area contributed by atoms with Gasteiger partial charge in [0.25, 0.3) is 0 Å². The van der Waals surface area contributed by atoms with Crippen LogP contribution in [0.3, 0.4) is 0 Å². The van der Waals surface area contributed by atoms with Gasteiger partial charge in [-0.25, -0.2) is 0 Å². The second kappa shape index (κ2) is 8.01. The number of rotatable bonds is 6. The van der Waals surface area contributed by atoms with E-state index < -0.39 is 0 Å². The van der Waals surface area contributed by atoms with E-state index in [9.17, 15) is 4.79 Å². The van der Waals surface area contributed by atoms with Crippen LogP contribution in [0.25, 0.3) is 0 Å². The molecule has 1 aromatic rings. The number of benzene rings is 1. The molecule has 0 aromatic heterocycles. The zero-order valence-corrected chi connectivity index (χ0v) is 14.8. The molecule has 3 nitrogen and oxygen atoms in total. The Labute approximate surface area is 134 Å². The Bertz CT molecular complexity index is 463. The average Bonchev–Trinajstić information content (AvgIpc) is 2.39. The largest absolute Gasteiger partial charge is 0.342 e. The minimum absolute atomic E-state index is 0.0186. The first-order valence-electron chi connectivity index (χ1n) is 6.90. The number of carbonyl (C=O) groups is 1. The zero-order chi connectivity index (χ0) is 15.3. The molecule has 0 saturated heterocycles. The second-order valence-corrected chi connectivity index (χ2v) is 6.11. The molecule has 0 aliphatic carbocycles. The van der Waals surface area contributed by atoms with E-state index in [0.29, 0.717) is 5.02 Å². The van der Waals surface area contributed by atoms with E-state index in [4.69, 9.17) is 11.6 Å². The maximum absolute atomic E-state index is 12.2. The summed E-state index contributed by atoms with van der Waals surface area (Å²) >= 11 is 9.63. The van der Waals surface area contributed by atoms with E-state index in [0.717, 1.165) is 23.1 Å². The number of likely N-dealkylation sites (N-methyl/N-ethyl adjacent to an activating group) is 1. The highest BCUT2D eigenvalue weighted by molar-refractivity contribution is 9.10. The molecule has 112 valence electrons. The third kappa shape index (κ3) is 4.47. The van der Waals surface area contributed by atoms with Crippen molar-refractivity contribution in [3.8, 4) is 0 Å². The minimum atomic E-state index is -0.232. The van der Waals surface area contributed by atoms with Crippen LogP contribution in [0.1, 0.15) is 39.3 Å². The fourth-order valence-corrected chi connectivity index (χ4v) is 3.03. The first-order valence-corrected chi connectivity index (χ1v) is 8.07. The first-order chi connectivity index (χ1) is 9.40. The van der Waals surface area contributed by atoms with Gasteiger partial charge in [0.15, 0.2) is 0 Å². The van der Waals surface area contributed by atoms with Gasteiger partial charge < -0.3 is 4.90 Å². The van der Waals surface area contributed by atoms with Crippen LogP contribution in [0.4, 0.5) is 0 Å². The van der Waals surface area contributed by atoms with Crippen LogP contribution in [0.2, 0.25) is 5.02 Å². The van der Waals surface area contributed by atoms with Crippen molar-refractivity contribution >= 4 is 33.4 Å². The number of hydrogen-bond donors (Lipinski definition) is 1. The minimum Gasteiger partial charge on any atom is -0.342 e. The highest BCUT2D eigenvalue weighted by Gasteiger charge is 2.21. The van der Waals surface area contributed by atoms with Crippen molar-refractivity contribution in [3.05, 3.63) is 33.3 Å². The molecule has 0 fully saturated rings. The van der Waals surface area contributed by atoms with Crippen LogP contribution in [-0.4, -0.2) is 29.9 Å². The Morgan fingerprint density at radius 1 is 1.35 bits per heavy atom. The molecule has 1 amide bonds. The first kappa shape index (κ1) is 17.5. The summed E-state index contributed by atoms with van der Waals surface area (Å²) in [5, 5.41) is 4.01. The number of carbonyl (C=O) groups excluding carboxylic acids is 1. The third-order valence-corrected chi connectivity index (χ3v) is 4.20. The van der Waals surface area contributed by atoms with Gasteiger partial charge in [-0.1, -0.05) is 33.6 Å². The topological polar surface area (TPSA) is 32.3 Å². The summed E-state index contributed by atoms with van der Waals surface area (Å²) in [4.78, 5) is 14.1. The lowest BCUT2D eigenvalue weighted by Crippen LogP contribution is -2.45. The fourth-order valence-electron chi connectivity index (χ4n) is 2.20. The Morgan fingerprint density at radius 3 is 2.45 bits per heavy atom. The molecular formula is C15H22BrClN2O. The Morgan fingerprint density at radius 2 is 1.95 bits per heavy atom. The summed E-state index contributed by atoms with van der Waals surface area (Å²) in [5.41, 5.74) is 0.995. The lowest BCUT2D eigenvalue weighted by atomic mass is 10.1. The number of nitrogens with zero attached hydrogens (tertiary/aromatic N) is 1. The molecule has 0 heterocycles. The second-order valence-electron chi connectivity index (χ2n) is 4.79. The van der Waals surface area contributed by atoms with Crippen molar-refractivity contribution in [3.63, 3.8) is 0 Å². The molecule has 5 heteroatoms. The normalized spacial score (nSPS) is 13.9. The number of amides is 1. The molecule has 1 rings (SSSR count). The summed E-state index contributed by atoms with van der Waals surface area (Å²) in [6.07, 6.45) is 0. The Balaban J connectivity index is 2.74. The molecule has 20 heavy (non-hydrogen) atoms. The van der Waals surface area contributed by atoms with E-state index in [1.807, 2.05) is 50.8 Å². The van der Waals surface area contributed by atoms with Crippen molar-refractivity contribution in [2.24, 2.45) is 0 Å².